The lowest BCUT2D eigenvalue weighted by Gasteiger charge is -2.14. The monoisotopic (exact) mass is 302 g/mol. The van der Waals surface area contributed by atoms with E-state index in [1.54, 1.807) is 23.8 Å². The van der Waals surface area contributed by atoms with Crippen LogP contribution >= 0.6 is 11.8 Å². The number of hydrogen-bond acceptors (Lipinski definition) is 7. The average molecular weight is 302 g/mol. The van der Waals surface area contributed by atoms with E-state index >= 15 is 0 Å². The summed E-state index contributed by atoms with van der Waals surface area (Å²) in [7, 11) is 3.13. The van der Waals surface area contributed by atoms with Crippen LogP contribution in [0.25, 0.3) is 0 Å². The molecule has 1 aromatic rings. The highest BCUT2D eigenvalue weighted by Crippen LogP contribution is 2.15. The van der Waals surface area contributed by atoms with E-state index < -0.39 is 0 Å². The van der Waals surface area contributed by atoms with Crippen LogP contribution in [0.2, 0.25) is 0 Å². The van der Waals surface area contributed by atoms with E-state index in [-0.39, 0.29) is 12.3 Å². The molecule has 112 valence electrons. The van der Waals surface area contributed by atoms with Gasteiger partial charge in [-0.2, -0.15) is 0 Å². The van der Waals surface area contributed by atoms with Crippen molar-refractivity contribution in [1.82, 2.24) is 30.4 Å². The first kappa shape index (κ1) is 15.0. The van der Waals surface area contributed by atoms with Gasteiger partial charge in [0.2, 0.25) is 5.16 Å². The van der Waals surface area contributed by atoms with Crippen molar-refractivity contribution >= 4 is 17.8 Å². The van der Waals surface area contributed by atoms with Crippen molar-refractivity contribution in [3.05, 3.63) is 0 Å². The van der Waals surface area contributed by atoms with Gasteiger partial charge in [0.1, 0.15) is 0 Å². The van der Waals surface area contributed by atoms with Crippen molar-refractivity contribution in [2.75, 3.05) is 39.6 Å². The van der Waals surface area contributed by atoms with E-state index in [0.717, 1.165) is 12.3 Å². The molecule has 20 heavy (non-hydrogen) atoms. The van der Waals surface area contributed by atoms with Gasteiger partial charge in [0.15, 0.2) is 6.29 Å². The van der Waals surface area contributed by atoms with Gasteiger partial charge < -0.3 is 19.7 Å². The van der Waals surface area contributed by atoms with Crippen LogP contribution in [0.1, 0.15) is 0 Å². The van der Waals surface area contributed by atoms with Crippen LogP contribution in [0.3, 0.4) is 0 Å². The Morgan fingerprint density at radius 3 is 2.90 bits per heavy atom. The predicted octanol–water partition coefficient (Wildman–Crippen LogP) is -0.591. The summed E-state index contributed by atoms with van der Waals surface area (Å²) in [6.45, 7) is 2.55. The van der Waals surface area contributed by atoms with Gasteiger partial charge in [-0.05, 0) is 10.4 Å². The standard InChI is InChI=1S/C10H18N6O3S/c1-18-8(19-2)7-16-10(12-13-14-16)20-6-5-15-4-3-11-9(15)17/h8H,3-7H2,1-2H3,(H,11,17). The SMILES string of the molecule is COC(Cn1nnnc1SCCN1CCNC1=O)OC. The second-order valence-electron chi connectivity index (χ2n) is 4.11. The first-order valence-electron chi connectivity index (χ1n) is 6.22. The second-order valence-corrected chi connectivity index (χ2v) is 5.17. The van der Waals surface area contributed by atoms with Crippen LogP contribution < -0.4 is 5.32 Å². The molecule has 0 aliphatic carbocycles. The van der Waals surface area contributed by atoms with Crippen molar-refractivity contribution in [3.63, 3.8) is 0 Å². The number of nitrogens with zero attached hydrogens (tertiary/aromatic N) is 5. The number of nitrogens with one attached hydrogen (secondary N) is 1. The van der Waals surface area contributed by atoms with Crippen LogP contribution in [0.15, 0.2) is 5.16 Å². The molecular formula is C10H18N6O3S. The Bertz CT molecular complexity index is 438. The number of carbonyl (C=O) groups excluding carboxylic acids is 1. The molecule has 0 unspecified atom stereocenters. The van der Waals surface area contributed by atoms with E-state index in [1.165, 1.54) is 11.8 Å². The number of ether oxygens (including phenoxy) is 2. The predicted molar refractivity (Wildman–Crippen MR) is 71.3 cm³/mol. The summed E-state index contributed by atoms with van der Waals surface area (Å²) in [5, 5.41) is 15.0. The van der Waals surface area contributed by atoms with E-state index in [0.29, 0.717) is 24.8 Å². The fourth-order valence-corrected chi connectivity index (χ4v) is 2.62. The maximum atomic E-state index is 11.4. The number of carbonyl (C=O) groups is 1. The third kappa shape index (κ3) is 3.81. The summed E-state index contributed by atoms with van der Waals surface area (Å²) in [6.07, 6.45) is -0.387. The molecule has 2 heterocycles. The Hall–Kier alpha value is -1.39. The topological polar surface area (TPSA) is 94.4 Å². The van der Waals surface area contributed by atoms with Crippen LogP contribution in [-0.4, -0.2) is 77.0 Å². The highest BCUT2D eigenvalue weighted by Gasteiger charge is 2.19. The van der Waals surface area contributed by atoms with Crippen molar-refractivity contribution < 1.29 is 14.3 Å². The molecular weight excluding hydrogens is 284 g/mol. The number of hydrogen-bond donors (Lipinski definition) is 1. The van der Waals surface area contributed by atoms with Crippen molar-refractivity contribution in [3.8, 4) is 0 Å². The van der Waals surface area contributed by atoms with Gasteiger partial charge >= 0.3 is 6.03 Å². The minimum atomic E-state index is -0.387. The Labute approximate surface area is 121 Å². The maximum absolute atomic E-state index is 11.4. The summed E-state index contributed by atoms with van der Waals surface area (Å²) in [4.78, 5) is 13.2. The molecule has 9 nitrogen and oxygen atoms in total. The minimum Gasteiger partial charge on any atom is -0.354 e. The zero-order chi connectivity index (χ0) is 14.4. The summed E-state index contributed by atoms with van der Waals surface area (Å²) in [5.41, 5.74) is 0. The van der Waals surface area contributed by atoms with Crippen molar-refractivity contribution in [1.29, 1.82) is 0 Å². The first-order valence-corrected chi connectivity index (χ1v) is 7.20. The molecule has 0 aromatic carbocycles. The van der Waals surface area contributed by atoms with Crippen LogP contribution in [-0.2, 0) is 16.0 Å². The van der Waals surface area contributed by atoms with Gasteiger partial charge in [0, 0.05) is 39.6 Å². The molecule has 0 spiro atoms. The van der Waals surface area contributed by atoms with Crippen LogP contribution in [0.4, 0.5) is 4.79 Å². The third-order valence-corrected chi connectivity index (χ3v) is 3.82. The molecule has 2 amide bonds. The zero-order valence-electron chi connectivity index (χ0n) is 11.5. The lowest BCUT2D eigenvalue weighted by atomic mass is 10.6. The Kier molecular flexibility index (Phi) is 5.56. The molecule has 1 fully saturated rings. The molecule has 0 saturated carbocycles. The van der Waals surface area contributed by atoms with Gasteiger partial charge in [-0.15, -0.1) is 5.10 Å². The first-order chi connectivity index (χ1) is 9.74. The lowest BCUT2D eigenvalue weighted by molar-refractivity contribution is -0.113. The summed E-state index contributed by atoms with van der Waals surface area (Å²) in [6, 6.07) is -0.0102. The molecule has 10 heteroatoms. The largest absolute Gasteiger partial charge is 0.354 e. The summed E-state index contributed by atoms with van der Waals surface area (Å²) < 4.78 is 11.9. The fraction of sp³-hybridized carbons (Fsp3) is 0.800. The quantitative estimate of drug-likeness (QED) is 0.506. The van der Waals surface area contributed by atoms with Gasteiger partial charge in [0.05, 0.1) is 6.54 Å². The highest BCUT2D eigenvalue weighted by molar-refractivity contribution is 7.99. The molecule has 0 radical (unpaired) electrons. The Morgan fingerprint density at radius 1 is 1.45 bits per heavy atom. The summed E-state index contributed by atoms with van der Waals surface area (Å²) >= 11 is 1.50. The third-order valence-electron chi connectivity index (χ3n) is 2.88. The minimum absolute atomic E-state index is 0.0102. The van der Waals surface area contributed by atoms with E-state index in [2.05, 4.69) is 20.8 Å². The lowest BCUT2D eigenvalue weighted by Crippen LogP contribution is -2.30. The van der Waals surface area contributed by atoms with Crippen LogP contribution in [0.5, 0.6) is 0 Å². The number of amides is 2. The Balaban J connectivity index is 1.81. The normalized spacial score (nSPS) is 15.2. The van der Waals surface area contributed by atoms with Gasteiger partial charge in [-0.1, -0.05) is 11.8 Å². The number of rotatable bonds is 8. The molecule has 1 aromatic heterocycles. The van der Waals surface area contributed by atoms with Crippen molar-refractivity contribution in [2.45, 2.75) is 18.0 Å². The molecule has 2 rings (SSSR count). The number of thioether (sulfide) groups is 1. The fourth-order valence-electron chi connectivity index (χ4n) is 1.77. The maximum Gasteiger partial charge on any atom is 0.317 e. The molecule has 1 aliphatic rings. The number of tetrazole rings is 1. The van der Waals surface area contributed by atoms with E-state index in [9.17, 15) is 4.79 Å². The molecule has 0 bridgehead atoms. The number of methoxy groups -OCH3 is 2. The van der Waals surface area contributed by atoms with Crippen molar-refractivity contribution in [2.24, 2.45) is 0 Å². The highest BCUT2D eigenvalue weighted by atomic mass is 32.2. The van der Waals surface area contributed by atoms with E-state index in [1.807, 2.05) is 0 Å². The molecule has 0 atom stereocenters. The molecule has 1 aliphatic heterocycles. The average Bonchev–Trinajstić information content (AvgIpc) is 3.06. The summed E-state index contributed by atoms with van der Waals surface area (Å²) in [5.74, 6) is 0.735. The van der Waals surface area contributed by atoms with E-state index in [4.69, 9.17) is 9.47 Å². The number of aromatic nitrogens is 4. The van der Waals surface area contributed by atoms with Crippen LogP contribution in [0, 0.1) is 0 Å². The van der Waals surface area contributed by atoms with Gasteiger partial charge in [-0.3, -0.25) is 0 Å². The molecule has 1 N–H and O–H groups in total. The van der Waals surface area contributed by atoms with Gasteiger partial charge in [-0.25, -0.2) is 9.48 Å². The second kappa shape index (κ2) is 7.41. The van der Waals surface area contributed by atoms with Gasteiger partial charge in [0.25, 0.3) is 0 Å². The number of urea groups is 1. The zero-order valence-corrected chi connectivity index (χ0v) is 12.3. The molecule has 1 saturated heterocycles. The smallest absolute Gasteiger partial charge is 0.317 e. The Morgan fingerprint density at radius 2 is 2.25 bits per heavy atom.